The molecule has 0 aromatic heterocycles. The van der Waals surface area contributed by atoms with Crippen LogP contribution in [0.15, 0.2) is 24.3 Å². The van der Waals surface area contributed by atoms with Gasteiger partial charge in [0.2, 0.25) is 5.91 Å². The SMILES string of the molecule is C[C@@H](C(=O)N1CCOCC1)N1CCN(Cc2cccc(C(F)(F)F)c2)CC1. The van der Waals surface area contributed by atoms with Crippen molar-refractivity contribution in [1.82, 2.24) is 14.7 Å². The molecule has 150 valence electrons. The van der Waals surface area contributed by atoms with E-state index in [9.17, 15) is 18.0 Å². The predicted octanol–water partition coefficient (Wildman–Crippen LogP) is 2.07. The van der Waals surface area contributed by atoms with Crippen LogP contribution in [-0.4, -0.2) is 79.1 Å². The minimum absolute atomic E-state index is 0.129. The molecule has 2 saturated heterocycles. The summed E-state index contributed by atoms with van der Waals surface area (Å²) in [6, 6.07) is 5.32. The third-order valence-electron chi connectivity index (χ3n) is 5.30. The number of morpholine rings is 1. The molecule has 2 fully saturated rings. The Morgan fingerprint density at radius 2 is 1.78 bits per heavy atom. The zero-order chi connectivity index (χ0) is 19.4. The number of hydrogen-bond acceptors (Lipinski definition) is 4. The fourth-order valence-corrected chi connectivity index (χ4v) is 3.62. The van der Waals surface area contributed by atoms with Crippen molar-refractivity contribution in [2.75, 3.05) is 52.5 Å². The maximum atomic E-state index is 12.9. The van der Waals surface area contributed by atoms with Gasteiger partial charge in [-0.2, -0.15) is 13.2 Å². The molecule has 0 spiro atoms. The topological polar surface area (TPSA) is 36.0 Å². The molecule has 8 heteroatoms. The molecule has 1 aromatic carbocycles. The van der Waals surface area contributed by atoms with E-state index in [1.165, 1.54) is 12.1 Å². The summed E-state index contributed by atoms with van der Waals surface area (Å²) in [5.74, 6) is 0.129. The van der Waals surface area contributed by atoms with Gasteiger partial charge in [-0.25, -0.2) is 0 Å². The first-order valence-electron chi connectivity index (χ1n) is 9.33. The minimum atomic E-state index is -4.32. The van der Waals surface area contributed by atoms with Gasteiger partial charge in [0.25, 0.3) is 0 Å². The Morgan fingerprint density at radius 1 is 1.11 bits per heavy atom. The maximum absolute atomic E-state index is 12.9. The number of alkyl halides is 3. The summed E-state index contributed by atoms with van der Waals surface area (Å²) in [5, 5.41) is 0. The molecule has 1 amide bonds. The third kappa shape index (κ3) is 5.21. The summed E-state index contributed by atoms with van der Waals surface area (Å²) in [6.07, 6.45) is -4.32. The molecule has 0 bridgehead atoms. The molecule has 0 radical (unpaired) electrons. The van der Waals surface area contributed by atoms with E-state index in [2.05, 4.69) is 9.80 Å². The van der Waals surface area contributed by atoms with Crippen LogP contribution in [0.4, 0.5) is 13.2 Å². The summed E-state index contributed by atoms with van der Waals surface area (Å²) < 4.78 is 43.8. The first-order valence-corrected chi connectivity index (χ1v) is 9.33. The summed E-state index contributed by atoms with van der Waals surface area (Å²) in [6.45, 7) is 7.80. The van der Waals surface area contributed by atoms with E-state index in [1.54, 1.807) is 6.07 Å². The maximum Gasteiger partial charge on any atom is 0.416 e. The monoisotopic (exact) mass is 385 g/mol. The number of nitrogens with zero attached hydrogens (tertiary/aromatic N) is 3. The van der Waals surface area contributed by atoms with E-state index < -0.39 is 11.7 Å². The number of carbonyl (C=O) groups excluding carboxylic acids is 1. The lowest BCUT2D eigenvalue weighted by molar-refractivity contribution is -0.141. The van der Waals surface area contributed by atoms with E-state index in [0.717, 1.165) is 32.2 Å². The van der Waals surface area contributed by atoms with Crippen molar-refractivity contribution >= 4 is 5.91 Å². The number of amides is 1. The molecule has 1 atom stereocenters. The highest BCUT2D eigenvalue weighted by atomic mass is 19.4. The summed E-state index contributed by atoms with van der Waals surface area (Å²) >= 11 is 0. The molecular formula is C19H26F3N3O2. The summed E-state index contributed by atoms with van der Waals surface area (Å²) in [5.41, 5.74) is 0.0547. The van der Waals surface area contributed by atoms with Gasteiger partial charge in [-0.3, -0.25) is 14.6 Å². The molecular weight excluding hydrogens is 359 g/mol. The average Bonchev–Trinajstić information content (AvgIpc) is 2.68. The van der Waals surface area contributed by atoms with Crippen LogP contribution in [-0.2, 0) is 22.3 Å². The molecule has 2 heterocycles. The second-order valence-electron chi connectivity index (χ2n) is 7.12. The van der Waals surface area contributed by atoms with Crippen LogP contribution < -0.4 is 0 Å². The standard InChI is InChI=1S/C19H26F3N3O2/c1-15(18(26)25-9-11-27-12-10-25)24-7-5-23(6-8-24)14-16-3-2-4-17(13-16)19(20,21)22/h2-4,13,15H,5-12,14H2,1H3/t15-/m0/s1. The number of piperazine rings is 1. The minimum Gasteiger partial charge on any atom is -0.378 e. The van der Waals surface area contributed by atoms with Crippen LogP contribution in [0.25, 0.3) is 0 Å². The normalized spacial score (nSPS) is 21.3. The Kier molecular flexibility index (Phi) is 6.39. The van der Waals surface area contributed by atoms with Gasteiger partial charge in [0.1, 0.15) is 0 Å². The Morgan fingerprint density at radius 3 is 2.41 bits per heavy atom. The summed E-state index contributed by atoms with van der Waals surface area (Å²) in [4.78, 5) is 18.8. The molecule has 5 nitrogen and oxygen atoms in total. The van der Waals surface area contributed by atoms with Crippen molar-refractivity contribution in [3.8, 4) is 0 Å². The number of rotatable bonds is 4. The molecule has 1 aromatic rings. The van der Waals surface area contributed by atoms with E-state index in [0.29, 0.717) is 38.4 Å². The number of hydrogen-bond donors (Lipinski definition) is 0. The highest BCUT2D eigenvalue weighted by molar-refractivity contribution is 5.81. The first-order chi connectivity index (χ1) is 12.8. The van der Waals surface area contributed by atoms with E-state index in [1.807, 2.05) is 11.8 Å². The largest absolute Gasteiger partial charge is 0.416 e. The van der Waals surface area contributed by atoms with Gasteiger partial charge in [0, 0.05) is 45.8 Å². The molecule has 0 saturated carbocycles. The van der Waals surface area contributed by atoms with Crippen LogP contribution in [0.1, 0.15) is 18.1 Å². The molecule has 0 aliphatic carbocycles. The van der Waals surface area contributed by atoms with Crippen molar-refractivity contribution in [3.63, 3.8) is 0 Å². The predicted molar refractivity (Wildman–Crippen MR) is 95.2 cm³/mol. The lowest BCUT2D eigenvalue weighted by Gasteiger charge is -2.39. The Balaban J connectivity index is 1.51. The van der Waals surface area contributed by atoms with Crippen LogP contribution >= 0.6 is 0 Å². The van der Waals surface area contributed by atoms with Crippen molar-refractivity contribution in [1.29, 1.82) is 0 Å². The van der Waals surface area contributed by atoms with Crippen LogP contribution in [0.3, 0.4) is 0 Å². The van der Waals surface area contributed by atoms with E-state index >= 15 is 0 Å². The molecule has 2 aliphatic rings. The number of benzene rings is 1. The van der Waals surface area contributed by atoms with Gasteiger partial charge < -0.3 is 9.64 Å². The summed E-state index contributed by atoms with van der Waals surface area (Å²) in [7, 11) is 0. The van der Waals surface area contributed by atoms with Gasteiger partial charge in [0.05, 0.1) is 24.8 Å². The van der Waals surface area contributed by atoms with Crippen LogP contribution in [0.5, 0.6) is 0 Å². The molecule has 0 N–H and O–H groups in total. The second kappa shape index (κ2) is 8.58. The number of carbonyl (C=O) groups is 1. The van der Waals surface area contributed by atoms with Gasteiger partial charge in [-0.1, -0.05) is 18.2 Å². The average molecular weight is 385 g/mol. The zero-order valence-electron chi connectivity index (χ0n) is 15.5. The van der Waals surface area contributed by atoms with E-state index in [-0.39, 0.29) is 11.9 Å². The molecule has 27 heavy (non-hydrogen) atoms. The fourth-order valence-electron chi connectivity index (χ4n) is 3.62. The van der Waals surface area contributed by atoms with Gasteiger partial charge in [-0.15, -0.1) is 0 Å². The fraction of sp³-hybridized carbons (Fsp3) is 0.632. The van der Waals surface area contributed by atoms with Gasteiger partial charge >= 0.3 is 6.18 Å². The first kappa shape index (κ1) is 20.1. The van der Waals surface area contributed by atoms with Crippen molar-refractivity contribution in [2.45, 2.75) is 25.7 Å². The molecule has 3 rings (SSSR count). The van der Waals surface area contributed by atoms with Gasteiger partial charge in [0.15, 0.2) is 0 Å². The highest BCUT2D eigenvalue weighted by Gasteiger charge is 2.31. The van der Waals surface area contributed by atoms with Crippen LogP contribution in [0.2, 0.25) is 0 Å². The van der Waals surface area contributed by atoms with Crippen molar-refractivity contribution in [2.24, 2.45) is 0 Å². The third-order valence-corrected chi connectivity index (χ3v) is 5.30. The highest BCUT2D eigenvalue weighted by Crippen LogP contribution is 2.29. The number of halogens is 3. The zero-order valence-corrected chi connectivity index (χ0v) is 15.5. The lowest BCUT2D eigenvalue weighted by atomic mass is 10.1. The van der Waals surface area contributed by atoms with Crippen molar-refractivity contribution < 1.29 is 22.7 Å². The van der Waals surface area contributed by atoms with E-state index in [4.69, 9.17) is 4.74 Å². The Labute approximate surface area is 157 Å². The Hall–Kier alpha value is -1.64. The molecule has 0 unspecified atom stereocenters. The Bertz CT molecular complexity index is 639. The second-order valence-corrected chi connectivity index (χ2v) is 7.12. The van der Waals surface area contributed by atoms with Crippen LogP contribution in [0, 0.1) is 0 Å². The molecule has 2 aliphatic heterocycles. The van der Waals surface area contributed by atoms with Crippen molar-refractivity contribution in [3.05, 3.63) is 35.4 Å². The quantitative estimate of drug-likeness (QED) is 0.795. The number of ether oxygens (including phenoxy) is 1. The van der Waals surface area contributed by atoms with Gasteiger partial charge in [-0.05, 0) is 18.6 Å². The lowest BCUT2D eigenvalue weighted by Crippen LogP contribution is -2.55. The smallest absolute Gasteiger partial charge is 0.378 e.